The number of pyridine rings is 1. The molecule has 8 nitrogen and oxygen atoms in total. The lowest BCUT2D eigenvalue weighted by molar-refractivity contribution is -0.123. The number of amides is 2. The smallest absolute Gasteiger partial charge is 0.270 e. The number of aliphatic hydroxyl groups excluding tert-OH is 1. The number of ether oxygens (including phenoxy) is 1. The van der Waals surface area contributed by atoms with Gasteiger partial charge in [-0.1, -0.05) is 23.7 Å². The fraction of sp³-hybridized carbons (Fsp3) is 0.250. The minimum atomic E-state index is -0.984. The highest BCUT2D eigenvalue weighted by molar-refractivity contribution is 6.30. The maximum absolute atomic E-state index is 13.3. The summed E-state index contributed by atoms with van der Waals surface area (Å²) in [5.74, 6) is -1.88. The first-order valence-electron chi connectivity index (χ1n) is 8.90. The van der Waals surface area contributed by atoms with E-state index in [0.29, 0.717) is 0 Å². The zero-order chi connectivity index (χ0) is 22.1. The van der Waals surface area contributed by atoms with Crippen molar-refractivity contribution in [1.82, 2.24) is 15.6 Å². The SMILES string of the molecule is C=CC(CC(O)CNC(=O)COc1ccc(Cl)c(F)c1)NC(=O)c1cccc(O)n1. The number of nitrogens with one attached hydrogen (secondary N) is 2. The lowest BCUT2D eigenvalue weighted by Gasteiger charge is -2.19. The highest BCUT2D eigenvalue weighted by Crippen LogP contribution is 2.20. The lowest BCUT2D eigenvalue weighted by Crippen LogP contribution is -2.40. The second-order valence-corrected chi connectivity index (χ2v) is 6.66. The summed E-state index contributed by atoms with van der Waals surface area (Å²) < 4.78 is 18.5. The molecular formula is C20H21ClFN3O5. The molecule has 4 N–H and O–H groups in total. The Hall–Kier alpha value is -3.17. The van der Waals surface area contributed by atoms with Crippen LogP contribution >= 0.6 is 11.6 Å². The molecule has 2 rings (SSSR count). The number of halogens is 2. The third-order valence-corrected chi connectivity index (χ3v) is 4.20. The molecule has 0 aliphatic carbocycles. The Morgan fingerprint density at radius 3 is 2.77 bits per heavy atom. The molecule has 2 atom stereocenters. The van der Waals surface area contributed by atoms with Gasteiger partial charge in [0, 0.05) is 24.7 Å². The third kappa shape index (κ3) is 7.34. The molecule has 0 spiro atoms. The molecule has 2 unspecified atom stereocenters. The van der Waals surface area contributed by atoms with E-state index in [1.165, 1.54) is 36.4 Å². The molecule has 0 fully saturated rings. The van der Waals surface area contributed by atoms with Crippen LogP contribution in [0.5, 0.6) is 11.6 Å². The molecule has 0 saturated heterocycles. The molecule has 0 aliphatic rings. The van der Waals surface area contributed by atoms with Crippen LogP contribution in [-0.4, -0.2) is 52.3 Å². The minimum absolute atomic E-state index is 0.0143. The van der Waals surface area contributed by atoms with Crippen molar-refractivity contribution in [2.45, 2.75) is 18.6 Å². The second-order valence-electron chi connectivity index (χ2n) is 6.25. The van der Waals surface area contributed by atoms with Gasteiger partial charge >= 0.3 is 0 Å². The summed E-state index contributed by atoms with van der Waals surface area (Å²) in [6.07, 6.45) is 0.531. The predicted octanol–water partition coefficient (Wildman–Crippen LogP) is 1.81. The molecule has 1 heterocycles. The molecule has 30 heavy (non-hydrogen) atoms. The van der Waals surface area contributed by atoms with Gasteiger partial charge in [-0.2, -0.15) is 0 Å². The van der Waals surface area contributed by atoms with E-state index >= 15 is 0 Å². The van der Waals surface area contributed by atoms with Crippen molar-refractivity contribution in [2.75, 3.05) is 13.2 Å². The monoisotopic (exact) mass is 437 g/mol. The van der Waals surface area contributed by atoms with Crippen LogP contribution in [0.2, 0.25) is 5.02 Å². The summed E-state index contributed by atoms with van der Waals surface area (Å²) in [7, 11) is 0. The van der Waals surface area contributed by atoms with Crippen LogP contribution < -0.4 is 15.4 Å². The van der Waals surface area contributed by atoms with E-state index in [2.05, 4.69) is 22.2 Å². The van der Waals surface area contributed by atoms with E-state index < -0.39 is 29.8 Å². The quantitative estimate of drug-likeness (QED) is 0.421. The average molecular weight is 438 g/mol. The molecular weight excluding hydrogens is 417 g/mol. The number of rotatable bonds is 10. The molecule has 10 heteroatoms. The number of carbonyl (C=O) groups is 2. The number of carbonyl (C=O) groups excluding carboxylic acids is 2. The Kier molecular flexibility index (Phi) is 8.57. The van der Waals surface area contributed by atoms with Crippen LogP contribution in [0.1, 0.15) is 16.9 Å². The van der Waals surface area contributed by atoms with E-state index in [4.69, 9.17) is 16.3 Å². The van der Waals surface area contributed by atoms with E-state index in [1.807, 2.05) is 0 Å². The molecule has 0 aliphatic heterocycles. The van der Waals surface area contributed by atoms with Gasteiger partial charge in [0.2, 0.25) is 5.88 Å². The molecule has 0 saturated carbocycles. The Bertz CT molecular complexity index is 912. The summed E-state index contributed by atoms with van der Waals surface area (Å²) in [4.78, 5) is 27.7. The Morgan fingerprint density at radius 1 is 1.33 bits per heavy atom. The highest BCUT2D eigenvalue weighted by Gasteiger charge is 2.17. The van der Waals surface area contributed by atoms with Gasteiger partial charge in [-0.3, -0.25) is 9.59 Å². The molecule has 0 bridgehead atoms. The van der Waals surface area contributed by atoms with Crippen molar-refractivity contribution >= 4 is 23.4 Å². The minimum Gasteiger partial charge on any atom is -0.493 e. The number of aromatic nitrogens is 1. The van der Waals surface area contributed by atoms with Gasteiger partial charge in [0.25, 0.3) is 11.8 Å². The molecule has 160 valence electrons. The predicted molar refractivity (Wildman–Crippen MR) is 108 cm³/mol. The van der Waals surface area contributed by atoms with Gasteiger partial charge in [-0.25, -0.2) is 9.37 Å². The van der Waals surface area contributed by atoms with E-state index in [1.54, 1.807) is 0 Å². The molecule has 1 aromatic heterocycles. The van der Waals surface area contributed by atoms with Crippen LogP contribution in [0.15, 0.2) is 49.1 Å². The second kappa shape index (κ2) is 11.1. The molecule has 2 aromatic rings. The summed E-state index contributed by atoms with van der Waals surface area (Å²) in [6, 6.07) is 7.44. The van der Waals surface area contributed by atoms with Crippen molar-refractivity contribution in [3.05, 3.63) is 65.6 Å². The highest BCUT2D eigenvalue weighted by atomic mass is 35.5. The van der Waals surface area contributed by atoms with Gasteiger partial charge in [-0.05, 0) is 24.6 Å². The van der Waals surface area contributed by atoms with Crippen LogP contribution in [0.4, 0.5) is 4.39 Å². The normalized spacial score (nSPS) is 12.5. The summed E-state index contributed by atoms with van der Waals surface area (Å²) >= 11 is 5.57. The van der Waals surface area contributed by atoms with Crippen LogP contribution in [0.3, 0.4) is 0 Å². The van der Waals surface area contributed by atoms with Crippen LogP contribution in [0, 0.1) is 5.82 Å². The topological polar surface area (TPSA) is 121 Å². The summed E-state index contributed by atoms with van der Waals surface area (Å²) in [5, 5.41) is 24.5. The number of aromatic hydroxyl groups is 1. The lowest BCUT2D eigenvalue weighted by atomic mass is 10.1. The Labute approximate surface area is 177 Å². The van der Waals surface area contributed by atoms with Crippen molar-refractivity contribution in [3.8, 4) is 11.6 Å². The maximum Gasteiger partial charge on any atom is 0.270 e. The van der Waals surface area contributed by atoms with Crippen molar-refractivity contribution in [1.29, 1.82) is 0 Å². The number of hydrogen-bond acceptors (Lipinski definition) is 6. The first-order valence-corrected chi connectivity index (χ1v) is 9.28. The molecule has 0 radical (unpaired) electrons. The van der Waals surface area contributed by atoms with Gasteiger partial charge in [0.05, 0.1) is 11.1 Å². The van der Waals surface area contributed by atoms with Crippen molar-refractivity contribution in [3.63, 3.8) is 0 Å². The standard InChI is InChI=1S/C20H21ClFN3O5/c1-2-12(24-20(29)17-4-3-5-18(27)25-17)8-13(26)10-23-19(28)11-30-14-6-7-15(21)16(22)9-14/h2-7,9,12-13,26H,1,8,10-11H2,(H,23,28)(H,24,29)(H,25,27). The Morgan fingerprint density at radius 2 is 2.10 bits per heavy atom. The van der Waals surface area contributed by atoms with Crippen molar-refractivity contribution < 1.29 is 28.9 Å². The summed E-state index contributed by atoms with van der Waals surface area (Å²) in [6.45, 7) is 3.13. The maximum atomic E-state index is 13.3. The molecule has 2 amide bonds. The number of nitrogens with zero attached hydrogens (tertiary/aromatic N) is 1. The van der Waals surface area contributed by atoms with E-state index in [-0.39, 0.29) is 41.9 Å². The fourth-order valence-electron chi connectivity index (χ4n) is 2.38. The number of hydrogen-bond donors (Lipinski definition) is 4. The van der Waals surface area contributed by atoms with Gasteiger partial charge < -0.3 is 25.6 Å². The number of aliphatic hydroxyl groups is 1. The summed E-state index contributed by atoms with van der Waals surface area (Å²) in [5.41, 5.74) is 0.0143. The van der Waals surface area contributed by atoms with E-state index in [9.17, 15) is 24.2 Å². The van der Waals surface area contributed by atoms with Crippen molar-refractivity contribution in [2.24, 2.45) is 0 Å². The molecule has 1 aromatic carbocycles. The fourth-order valence-corrected chi connectivity index (χ4v) is 2.50. The van der Waals surface area contributed by atoms with E-state index in [0.717, 1.165) is 6.07 Å². The van der Waals surface area contributed by atoms with Crippen LogP contribution in [0.25, 0.3) is 0 Å². The zero-order valence-electron chi connectivity index (χ0n) is 15.8. The zero-order valence-corrected chi connectivity index (χ0v) is 16.6. The Balaban J connectivity index is 1.75. The van der Waals surface area contributed by atoms with Gasteiger partial charge in [0.15, 0.2) is 6.61 Å². The largest absolute Gasteiger partial charge is 0.493 e. The third-order valence-electron chi connectivity index (χ3n) is 3.89. The number of benzene rings is 1. The first-order chi connectivity index (χ1) is 14.3. The van der Waals surface area contributed by atoms with Crippen LogP contribution in [-0.2, 0) is 4.79 Å². The van der Waals surface area contributed by atoms with Gasteiger partial charge in [0.1, 0.15) is 17.3 Å². The first kappa shape index (κ1) is 23.1. The van der Waals surface area contributed by atoms with Gasteiger partial charge in [-0.15, -0.1) is 6.58 Å². The average Bonchev–Trinajstić information content (AvgIpc) is 2.72.